The molecule has 7 nitrogen and oxygen atoms in total. The first-order valence-electron chi connectivity index (χ1n) is 8.39. The Morgan fingerprint density at radius 3 is 2.57 bits per heavy atom. The molecule has 0 saturated carbocycles. The number of nitrogens with zero attached hydrogens (tertiary/aromatic N) is 2. The van der Waals surface area contributed by atoms with Crippen LogP contribution in [-0.4, -0.2) is 45.3 Å². The summed E-state index contributed by atoms with van der Waals surface area (Å²) in [5.41, 5.74) is 1.21. The number of para-hydroxylation sites is 1. The van der Waals surface area contributed by atoms with Crippen LogP contribution >= 0.6 is 11.8 Å². The molecule has 0 radical (unpaired) electrons. The Bertz CT molecular complexity index is 969. The van der Waals surface area contributed by atoms with Crippen LogP contribution in [-0.2, 0) is 9.59 Å². The van der Waals surface area contributed by atoms with Crippen LogP contribution in [0.4, 0.5) is 5.69 Å². The molecule has 3 rings (SSSR count). The number of carbonyl (C=O) groups excluding carboxylic acids is 1. The number of hydrogen-bond donors (Lipinski definition) is 2. The number of thioether (sulfide) groups is 1. The third-order valence-corrected chi connectivity index (χ3v) is 5.00. The molecule has 1 aliphatic heterocycles. The summed E-state index contributed by atoms with van der Waals surface area (Å²) in [6.45, 7) is 1.44. The maximum absolute atomic E-state index is 12.6. The van der Waals surface area contributed by atoms with Crippen LogP contribution in [0.2, 0.25) is 0 Å². The second kappa shape index (κ2) is 8.18. The van der Waals surface area contributed by atoms with Gasteiger partial charge in [0.1, 0.15) is 11.5 Å². The van der Waals surface area contributed by atoms with Crippen LogP contribution in [0.3, 0.4) is 0 Å². The maximum Gasteiger partial charge on any atom is 0.344 e. The van der Waals surface area contributed by atoms with E-state index in [-0.39, 0.29) is 11.7 Å². The van der Waals surface area contributed by atoms with E-state index in [1.165, 1.54) is 35.7 Å². The maximum atomic E-state index is 12.6. The fourth-order valence-electron chi connectivity index (χ4n) is 2.38. The van der Waals surface area contributed by atoms with Gasteiger partial charge in [-0.1, -0.05) is 18.2 Å². The summed E-state index contributed by atoms with van der Waals surface area (Å²) < 4.78 is 5.48. The quantitative estimate of drug-likeness (QED) is 0.748. The Morgan fingerprint density at radius 2 is 1.89 bits per heavy atom. The highest BCUT2D eigenvalue weighted by Crippen LogP contribution is 2.35. The van der Waals surface area contributed by atoms with E-state index in [1.54, 1.807) is 49.5 Å². The number of aliphatic imine (C=N–C) groups is 1. The lowest BCUT2D eigenvalue weighted by Crippen LogP contribution is -2.24. The Kier molecular flexibility index (Phi) is 5.70. The van der Waals surface area contributed by atoms with Crippen molar-refractivity contribution in [1.82, 2.24) is 4.90 Å². The summed E-state index contributed by atoms with van der Waals surface area (Å²) in [4.78, 5) is 30.0. The lowest BCUT2D eigenvalue weighted by molar-refractivity contribution is -0.144. The Hall–Kier alpha value is -3.26. The number of phenols is 1. The van der Waals surface area contributed by atoms with Gasteiger partial charge in [-0.25, -0.2) is 9.79 Å². The molecule has 2 N–H and O–H groups in total. The minimum Gasteiger partial charge on any atom is -0.508 e. The molecule has 0 aromatic heterocycles. The van der Waals surface area contributed by atoms with Gasteiger partial charge < -0.3 is 14.9 Å². The van der Waals surface area contributed by atoms with Gasteiger partial charge >= 0.3 is 5.97 Å². The van der Waals surface area contributed by atoms with Crippen molar-refractivity contribution in [3.8, 4) is 11.5 Å². The van der Waals surface area contributed by atoms with Crippen molar-refractivity contribution in [2.45, 2.75) is 13.0 Å². The standard InChI is InChI=1S/C20H18N2O5S/c1-12(19(25)26)27-16-6-4-3-5-13(16)11-17-18(24)22(2)20(28-17)21-14-7-9-15(23)10-8-14/h3-12,23H,1-2H3,(H,25,26)/b17-11-,21-20?. The van der Waals surface area contributed by atoms with Crippen molar-refractivity contribution in [3.63, 3.8) is 0 Å². The fourth-order valence-corrected chi connectivity index (χ4v) is 3.36. The number of benzene rings is 2. The fraction of sp³-hybridized carbons (Fsp3) is 0.150. The number of carbonyl (C=O) groups is 2. The van der Waals surface area contributed by atoms with Gasteiger partial charge in [-0.05, 0) is 55.1 Å². The molecule has 2 aromatic carbocycles. The van der Waals surface area contributed by atoms with E-state index in [2.05, 4.69) is 4.99 Å². The second-order valence-corrected chi connectivity index (χ2v) is 7.03. The monoisotopic (exact) mass is 398 g/mol. The number of likely N-dealkylation sites (N-methyl/N-ethyl adjacent to an activating group) is 1. The summed E-state index contributed by atoms with van der Waals surface area (Å²) in [6.07, 6.45) is 0.646. The predicted molar refractivity (Wildman–Crippen MR) is 108 cm³/mol. The predicted octanol–water partition coefficient (Wildman–Crippen LogP) is 3.48. The van der Waals surface area contributed by atoms with Crippen LogP contribution in [0.1, 0.15) is 12.5 Å². The van der Waals surface area contributed by atoms with Gasteiger partial charge in [0.15, 0.2) is 11.3 Å². The lowest BCUT2D eigenvalue weighted by atomic mass is 10.2. The normalized spacial score (nSPS) is 17.9. The molecule has 1 atom stereocenters. The van der Waals surface area contributed by atoms with Crippen molar-refractivity contribution in [1.29, 1.82) is 0 Å². The van der Waals surface area contributed by atoms with Crippen LogP contribution in [0.25, 0.3) is 6.08 Å². The largest absolute Gasteiger partial charge is 0.508 e. The Morgan fingerprint density at radius 1 is 1.21 bits per heavy atom. The molecule has 1 saturated heterocycles. The number of hydrogen-bond acceptors (Lipinski definition) is 6. The highest BCUT2D eigenvalue weighted by atomic mass is 32.2. The van der Waals surface area contributed by atoms with Gasteiger partial charge in [0, 0.05) is 12.6 Å². The number of phenolic OH excluding ortho intramolecular Hbond substituents is 1. The first kappa shape index (κ1) is 19.5. The molecule has 1 unspecified atom stereocenters. The third kappa shape index (κ3) is 4.34. The van der Waals surface area contributed by atoms with Gasteiger partial charge in [-0.3, -0.25) is 9.69 Å². The Labute approximate surface area is 166 Å². The summed E-state index contributed by atoms with van der Waals surface area (Å²) in [7, 11) is 1.63. The van der Waals surface area contributed by atoms with Crippen LogP contribution in [0.5, 0.6) is 11.5 Å². The zero-order valence-electron chi connectivity index (χ0n) is 15.2. The molecular weight excluding hydrogens is 380 g/mol. The zero-order valence-corrected chi connectivity index (χ0v) is 16.0. The minimum atomic E-state index is -1.07. The summed E-state index contributed by atoms with van der Waals surface area (Å²) in [6, 6.07) is 13.3. The lowest BCUT2D eigenvalue weighted by Gasteiger charge is -2.12. The van der Waals surface area contributed by atoms with E-state index in [4.69, 9.17) is 9.84 Å². The number of rotatable bonds is 5. The molecule has 1 fully saturated rings. The Balaban J connectivity index is 1.88. The van der Waals surface area contributed by atoms with E-state index < -0.39 is 12.1 Å². The molecule has 1 amide bonds. The number of carboxylic acids is 1. The number of carboxylic acid groups (broad SMARTS) is 1. The summed E-state index contributed by atoms with van der Waals surface area (Å²) in [5, 5.41) is 18.9. The number of ether oxygens (including phenoxy) is 1. The van der Waals surface area contributed by atoms with Crippen LogP contribution in [0.15, 0.2) is 58.4 Å². The molecule has 1 heterocycles. The van der Waals surface area contributed by atoms with Crippen molar-refractivity contribution in [3.05, 3.63) is 59.0 Å². The second-order valence-electron chi connectivity index (χ2n) is 6.02. The van der Waals surface area contributed by atoms with Gasteiger partial charge in [0.25, 0.3) is 5.91 Å². The number of aliphatic carboxylic acids is 1. The van der Waals surface area contributed by atoms with Gasteiger partial charge in [-0.2, -0.15) is 0 Å². The first-order valence-corrected chi connectivity index (χ1v) is 9.20. The number of aromatic hydroxyl groups is 1. The topological polar surface area (TPSA) is 99.4 Å². The molecule has 2 aromatic rings. The average Bonchev–Trinajstić information content (AvgIpc) is 2.93. The highest BCUT2D eigenvalue weighted by Gasteiger charge is 2.30. The smallest absolute Gasteiger partial charge is 0.344 e. The highest BCUT2D eigenvalue weighted by molar-refractivity contribution is 8.18. The molecule has 28 heavy (non-hydrogen) atoms. The van der Waals surface area contributed by atoms with E-state index in [0.29, 0.717) is 27.1 Å². The summed E-state index contributed by atoms with van der Waals surface area (Å²) in [5.74, 6) is -0.773. The number of amides is 1. The van der Waals surface area contributed by atoms with Gasteiger partial charge in [-0.15, -0.1) is 0 Å². The van der Waals surface area contributed by atoms with E-state index in [1.807, 2.05) is 0 Å². The summed E-state index contributed by atoms with van der Waals surface area (Å²) >= 11 is 1.21. The molecule has 144 valence electrons. The van der Waals surface area contributed by atoms with Crippen molar-refractivity contribution in [2.24, 2.45) is 4.99 Å². The molecule has 0 aliphatic carbocycles. The van der Waals surface area contributed by atoms with E-state index in [0.717, 1.165) is 0 Å². The minimum absolute atomic E-state index is 0.139. The SMILES string of the molecule is CC(Oc1ccccc1/C=C1\SC(=Nc2ccc(O)cc2)N(C)C1=O)C(=O)O. The number of amidine groups is 1. The molecule has 8 heteroatoms. The van der Waals surface area contributed by atoms with Crippen molar-refractivity contribution < 1.29 is 24.5 Å². The average molecular weight is 398 g/mol. The van der Waals surface area contributed by atoms with E-state index in [9.17, 15) is 14.7 Å². The first-order chi connectivity index (χ1) is 13.3. The van der Waals surface area contributed by atoms with Crippen molar-refractivity contribution >= 4 is 40.6 Å². The molecule has 0 spiro atoms. The van der Waals surface area contributed by atoms with Crippen LogP contribution < -0.4 is 4.74 Å². The third-order valence-electron chi connectivity index (χ3n) is 3.94. The van der Waals surface area contributed by atoms with Gasteiger partial charge in [0.05, 0.1) is 10.6 Å². The molecule has 0 bridgehead atoms. The van der Waals surface area contributed by atoms with Crippen LogP contribution in [0, 0.1) is 0 Å². The zero-order chi connectivity index (χ0) is 20.3. The molecular formula is C20H18N2O5S. The van der Waals surface area contributed by atoms with Crippen molar-refractivity contribution in [2.75, 3.05) is 7.05 Å². The van der Waals surface area contributed by atoms with Gasteiger partial charge in [0.2, 0.25) is 0 Å². The van der Waals surface area contributed by atoms with E-state index >= 15 is 0 Å². The molecule has 1 aliphatic rings.